The van der Waals surface area contributed by atoms with E-state index >= 15 is 0 Å². The van der Waals surface area contributed by atoms with Crippen molar-refractivity contribution in [1.82, 2.24) is 19.2 Å². The number of benzene rings is 1. The molecule has 0 saturated carbocycles. The molecule has 2 aromatic heterocycles. The number of aromatic nitrogens is 3. The number of hydrogen-bond acceptors (Lipinski definition) is 4. The van der Waals surface area contributed by atoms with Gasteiger partial charge < -0.3 is 9.32 Å². The molecular formula is C18H19ClN4O3. The van der Waals surface area contributed by atoms with Crippen LogP contribution < -0.4 is 5.76 Å². The molecule has 4 rings (SSSR count). The smallest absolute Gasteiger partial charge is 0.408 e. The van der Waals surface area contributed by atoms with Crippen molar-refractivity contribution in [1.29, 1.82) is 0 Å². The fourth-order valence-corrected chi connectivity index (χ4v) is 3.70. The molecule has 1 amide bonds. The van der Waals surface area contributed by atoms with E-state index in [-0.39, 0.29) is 11.9 Å². The number of aryl methyl sites for hydroxylation is 1. The maximum absolute atomic E-state index is 12.8. The van der Waals surface area contributed by atoms with E-state index in [1.54, 1.807) is 44.7 Å². The zero-order valence-corrected chi connectivity index (χ0v) is 15.1. The second kappa shape index (κ2) is 6.64. The Hall–Kier alpha value is -2.54. The Balaban J connectivity index is 1.63. The highest BCUT2D eigenvalue weighted by atomic mass is 35.5. The van der Waals surface area contributed by atoms with Gasteiger partial charge in [0.15, 0.2) is 5.58 Å². The molecular weight excluding hydrogens is 356 g/mol. The van der Waals surface area contributed by atoms with Gasteiger partial charge in [0.1, 0.15) is 0 Å². The summed E-state index contributed by atoms with van der Waals surface area (Å²) in [5.74, 6) is -0.478. The van der Waals surface area contributed by atoms with Crippen molar-refractivity contribution in [2.45, 2.75) is 32.4 Å². The maximum Gasteiger partial charge on any atom is 0.420 e. The zero-order valence-electron chi connectivity index (χ0n) is 14.4. The third-order valence-electron chi connectivity index (χ3n) is 4.83. The number of fused-ring (bicyclic) bond motifs is 1. The molecule has 7 nitrogen and oxygen atoms in total. The third-order valence-corrected chi connectivity index (χ3v) is 5.06. The number of rotatable bonds is 3. The van der Waals surface area contributed by atoms with Gasteiger partial charge in [-0.2, -0.15) is 5.10 Å². The molecule has 1 unspecified atom stereocenters. The standard InChI is InChI=1S/C18H19ClN4O3/c1-2-22-10-12(9-20-22)17(24)21-7-3-4-14(11-21)23-15-8-13(19)5-6-16(15)26-18(23)25/h5-6,8-10,14H,2-4,7,11H2,1H3. The normalized spacial score (nSPS) is 17.8. The summed E-state index contributed by atoms with van der Waals surface area (Å²) in [7, 11) is 0. The Morgan fingerprint density at radius 3 is 3.04 bits per heavy atom. The number of hydrogen-bond donors (Lipinski definition) is 0. The molecule has 26 heavy (non-hydrogen) atoms. The summed E-state index contributed by atoms with van der Waals surface area (Å²) in [5.41, 5.74) is 1.74. The molecule has 0 bridgehead atoms. The summed E-state index contributed by atoms with van der Waals surface area (Å²) in [6.07, 6.45) is 4.97. The topological polar surface area (TPSA) is 73.3 Å². The van der Waals surface area contributed by atoms with Crippen molar-refractivity contribution >= 4 is 28.6 Å². The fourth-order valence-electron chi connectivity index (χ4n) is 3.53. The van der Waals surface area contributed by atoms with Crippen LogP contribution in [0.3, 0.4) is 0 Å². The van der Waals surface area contributed by atoms with E-state index < -0.39 is 5.76 Å². The van der Waals surface area contributed by atoms with Gasteiger partial charge in [0.2, 0.25) is 0 Å². The van der Waals surface area contributed by atoms with Crippen LogP contribution in [0.15, 0.2) is 39.8 Å². The Kier molecular flexibility index (Phi) is 4.32. The molecule has 3 heterocycles. The lowest BCUT2D eigenvalue weighted by Gasteiger charge is -2.32. The highest BCUT2D eigenvalue weighted by Gasteiger charge is 2.28. The second-order valence-corrected chi connectivity index (χ2v) is 6.92. The number of likely N-dealkylation sites (tertiary alicyclic amines) is 1. The van der Waals surface area contributed by atoms with E-state index in [4.69, 9.17) is 16.0 Å². The predicted molar refractivity (Wildman–Crippen MR) is 97.6 cm³/mol. The first kappa shape index (κ1) is 16.9. The molecule has 0 radical (unpaired) electrons. The molecule has 1 fully saturated rings. The van der Waals surface area contributed by atoms with Crippen LogP contribution in [0.2, 0.25) is 5.02 Å². The number of piperidine rings is 1. The fraction of sp³-hybridized carbons (Fsp3) is 0.389. The van der Waals surface area contributed by atoms with Crippen LogP contribution in [0.4, 0.5) is 0 Å². The Morgan fingerprint density at radius 2 is 2.27 bits per heavy atom. The highest BCUT2D eigenvalue weighted by molar-refractivity contribution is 6.31. The molecule has 136 valence electrons. The van der Waals surface area contributed by atoms with Gasteiger partial charge in [-0.05, 0) is 38.0 Å². The van der Waals surface area contributed by atoms with Crippen molar-refractivity contribution in [2.24, 2.45) is 0 Å². The number of amides is 1. The molecule has 1 atom stereocenters. The summed E-state index contributed by atoms with van der Waals surface area (Å²) < 4.78 is 8.69. The van der Waals surface area contributed by atoms with Crippen LogP contribution in [-0.2, 0) is 6.54 Å². The minimum absolute atomic E-state index is 0.0618. The van der Waals surface area contributed by atoms with Gasteiger partial charge in [-0.15, -0.1) is 0 Å². The molecule has 0 spiro atoms. The van der Waals surface area contributed by atoms with E-state index in [0.29, 0.717) is 41.3 Å². The van der Waals surface area contributed by atoms with Crippen molar-refractivity contribution in [3.8, 4) is 0 Å². The molecule has 3 aromatic rings. The van der Waals surface area contributed by atoms with Crippen LogP contribution in [0.5, 0.6) is 0 Å². The van der Waals surface area contributed by atoms with Gasteiger partial charge in [0.25, 0.3) is 5.91 Å². The quantitative estimate of drug-likeness (QED) is 0.706. The van der Waals surface area contributed by atoms with E-state index in [0.717, 1.165) is 12.8 Å². The van der Waals surface area contributed by atoms with Gasteiger partial charge in [-0.3, -0.25) is 14.0 Å². The van der Waals surface area contributed by atoms with Crippen LogP contribution in [0, 0.1) is 0 Å². The molecule has 0 N–H and O–H groups in total. The minimum atomic E-state index is -0.416. The van der Waals surface area contributed by atoms with Crippen molar-refractivity contribution in [3.63, 3.8) is 0 Å². The third kappa shape index (κ3) is 2.92. The number of oxazole rings is 1. The van der Waals surface area contributed by atoms with Gasteiger partial charge >= 0.3 is 5.76 Å². The van der Waals surface area contributed by atoms with Crippen molar-refractivity contribution in [2.75, 3.05) is 13.1 Å². The summed E-state index contributed by atoms with van der Waals surface area (Å²) in [6, 6.07) is 4.98. The van der Waals surface area contributed by atoms with E-state index in [9.17, 15) is 9.59 Å². The Bertz CT molecular complexity index is 1020. The first-order valence-electron chi connectivity index (χ1n) is 8.69. The van der Waals surface area contributed by atoms with Crippen LogP contribution in [0.25, 0.3) is 11.1 Å². The van der Waals surface area contributed by atoms with Gasteiger partial charge in [-0.1, -0.05) is 11.6 Å². The predicted octanol–water partition coefficient (Wildman–Crippen LogP) is 2.94. The minimum Gasteiger partial charge on any atom is -0.408 e. The van der Waals surface area contributed by atoms with Gasteiger partial charge in [-0.25, -0.2) is 4.79 Å². The molecule has 0 aliphatic carbocycles. The average Bonchev–Trinajstić information content (AvgIpc) is 3.24. The summed E-state index contributed by atoms with van der Waals surface area (Å²) in [6.45, 7) is 3.81. The Labute approximate surface area is 154 Å². The number of nitrogens with zero attached hydrogens (tertiary/aromatic N) is 4. The van der Waals surface area contributed by atoms with Crippen LogP contribution in [-0.4, -0.2) is 38.2 Å². The largest absolute Gasteiger partial charge is 0.420 e. The van der Waals surface area contributed by atoms with Crippen LogP contribution >= 0.6 is 11.6 Å². The first-order chi connectivity index (χ1) is 12.6. The van der Waals surface area contributed by atoms with Crippen LogP contribution in [0.1, 0.15) is 36.2 Å². The van der Waals surface area contributed by atoms with E-state index in [1.165, 1.54) is 0 Å². The summed E-state index contributed by atoms with van der Waals surface area (Å²) in [4.78, 5) is 26.9. The lowest BCUT2D eigenvalue weighted by atomic mass is 10.0. The Morgan fingerprint density at radius 1 is 1.42 bits per heavy atom. The number of halogens is 1. The van der Waals surface area contributed by atoms with E-state index in [1.807, 2.05) is 6.92 Å². The van der Waals surface area contributed by atoms with E-state index in [2.05, 4.69) is 5.10 Å². The monoisotopic (exact) mass is 374 g/mol. The second-order valence-electron chi connectivity index (χ2n) is 6.48. The molecule has 1 saturated heterocycles. The zero-order chi connectivity index (χ0) is 18.3. The number of carbonyl (C=O) groups excluding carboxylic acids is 1. The van der Waals surface area contributed by atoms with Gasteiger partial charge in [0, 0.05) is 30.9 Å². The van der Waals surface area contributed by atoms with Crippen molar-refractivity contribution in [3.05, 3.63) is 51.7 Å². The highest BCUT2D eigenvalue weighted by Crippen LogP contribution is 2.27. The van der Waals surface area contributed by atoms with Crippen molar-refractivity contribution < 1.29 is 9.21 Å². The average molecular weight is 375 g/mol. The SMILES string of the molecule is CCn1cc(C(=O)N2CCCC(n3c(=O)oc4ccc(Cl)cc43)C2)cn1. The number of carbonyl (C=O) groups is 1. The molecule has 1 aliphatic heterocycles. The summed E-state index contributed by atoms with van der Waals surface area (Å²) in [5, 5.41) is 4.71. The lowest BCUT2D eigenvalue weighted by Crippen LogP contribution is -2.42. The lowest BCUT2D eigenvalue weighted by molar-refractivity contribution is 0.0677. The molecule has 8 heteroatoms. The maximum atomic E-state index is 12.8. The molecule has 1 aliphatic rings. The van der Waals surface area contributed by atoms with Gasteiger partial charge in [0.05, 0.1) is 23.3 Å². The first-order valence-corrected chi connectivity index (χ1v) is 9.07. The molecule has 1 aromatic carbocycles. The summed E-state index contributed by atoms with van der Waals surface area (Å²) >= 11 is 6.08.